The zero-order chi connectivity index (χ0) is 12.8. The molecule has 4 nitrogen and oxygen atoms in total. The number of aliphatic hydroxyl groups excluding tert-OH is 1. The molecule has 0 aliphatic carbocycles. The van der Waals surface area contributed by atoms with Crippen molar-refractivity contribution >= 4 is 11.8 Å². The first-order chi connectivity index (χ1) is 8.02. The van der Waals surface area contributed by atoms with Crippen molar-refractivity contribution in [2.24, 2.45) is 0 Å². The molecule has 0 heterocycles. The van der Waals surface area contributed by atoms with Gasteiger partial charge in [-0.3, -0.25) is 9.59 Å². The molecule has 4 heteroatoms. The fourth-order valence-electron chi connectivity index (χ4n) is 1.43. The van der Waals surface area contributed by atoms with Gasteiger partial charge in [-0.1, -0.05) is 29.8 Å². The molecule has 0 aliphatic heterocycles. The van der Waals surface area contributed by atoms with E-state index in [1.807, 2.05) is 19.1 Å². The third-order valence-corrected chi connectivity index (χ3v) is 2.45. The summed E-state index contributed by atoms with van der Waals surface area (Å²) in [6.45, 7) is 1.94. The van der Waals surface area contributed by atoms with Crippen molar-refractivity contribution in [3.05, 3.63) is 35.4 Å². The maximum Gasteiger partial charge on any atom is 0.313 e. The minimum Gasteiger partial charge on any atom is -0.469 e. The van der Waals surface area contributed by atoms with Gasteiger partial charge in [0.05, 0.1) is 13.2 Å². The molecule has 0 saturated heterocycles. The zero-order valence-electron chi connectivity index (χ0n) is 9.97. The van der Waals surface area contributed by atoms with Crippen LogP contribution in [0, 0.1) is 6.92 Å². The minimum atomic E-state index is -0.868. The summed E-state index contributed by atoms with van der Waals surface area (Å²) in [5.74, 6) is -0.906. The second kappa shape index (κ2) is 6.15. The topological polar surface area (TPSA) is 63.6 Å². The summed E-state index contributed by atoms with van der Waals surface area (Å²) in [5, 5.41) is 9.79. The Morgan fingerprint density at radius 1 is 1.29 bits per heavy atom. The lowest BCUT2D eigenvalue weighted by Crippen LogP contribution is -2.12. The van der Waals surface area contributed by atoms with Gasteiger partial charge in [-0.25, -0.2) is 0 Å². The molecule has 0 fully saturated rings. The second-order valence-electron chi connectivity index (χ2n) is 3.92. The molecule has 0 amide bonds. The molecular weight excluding hydrogens is 220 g/mol. The van der Waals surface area contributed by atoms with Gasteiger partial charge in [0.15, 0.2) is 0 Å². The number of Topliss-reactive ketones (excluding diaryl/α,β-unsaturated/α-hetero) is 1. The summed E-state index contributed by atoms with van der Waals surface area (Å²) in [7, 11) is 1.23. The summed E-state index contributed by atoms with van der Waals surface area (Å²) >= 11 is 0. The van der Waals surface area contributed by atoms with Crippen LogP contribution in [-0.4, -0.2) is 24.0 Å². The lowest BCUT2D eigenvalue weighted by atomic mass is 10.0. The summed E-state index contributed by atoms with van der Waals surface area (Å²) in [6.07, 6.45) is -1.23. The number of aliphatic hydroxyl groups is 1. The van der Waals surface area contributed by atoms with Gasteiger partial charge in [-0.05, 0) is 12.5 Å². The van der Waals surface area contributed by atoms with Crippen LogP contribution in [-0.2, 0) is 14.3 Å². The van der Waals surface area contributed by atoms with Gasteiger partial charge in [0, 0.05) is 6.42 Å². The molecule has 0 saturated carbocycles. The Morgan fingerprint density at radius 2 is 1.88 bits per heavy atom. The van der Waals surface area contributed by atoms with E-state index < -0.39 is 12.1 Å². The van der Waals surface area contributed by atoms with Gasteiger partial charge in [-0.2, -0.15) is 0 Å². The van der Waals surface area contributed by atoms with Crippen molar-refractivity contribution in [3.8, 4) is 0 Å². The highest BCUT2D eigenvalue weighted by atomic mass is 16.5. The van der Waals surface area contributed by atoms with Crippen LogP contribution < -0.4 is 0 Å². The van der Waals surface area contributed by atoms with Crippen LogP contribution in [0.25, 0.3) is 0 Å². The van der Waals surface area contributed by atoms with Gasteiger partial charge in [0.25, 0.3) is 0 Å². The van der Waals surface area contributed by atoms with Gasteiger partial charge in [0.2, 0.25) is 0 Å². The van der Waals surface area contributed by atoms with E-state index in [1.165, 1.54) is 7.11 Å². The van der Waals surface area contributed by atoms with E-state index in [4.69, 9.17) is 0 Å². The van der Waals surface area contributed by atoms with Crippen molar-refractivity contribution in [2.45, 2.75) is 25.9 Å². The number of aryl methyl sites for hydroxylation is 1. The van der Waals surface area contributed by atoms with Crippen LogP contribution in [0.4, 0.5) is 0 Å². The number of carbonyl (C=O) groups is 2. The van der Waals surface area contributed by atoms with Crippen molar-refractivity contribution in [1.82, 2.24) is 0 Å². The highest BCUT2D eigenvalue weighted by Gasteiger charge is 2.15. The van der Waals surface area contributed by atoms with Crippen LogP contribution >= 0.6 is 0 Å². The molecule has 1 aromatic rings. The summed E-state index contributed by atoms with van der Waals surface area (Å²) in [4.78, 5) is 22.3. The predicted molar refractivity (Wildman–Crippen MR) is 62.4 cm³/mol. The molecule has 0 radical (unpaired) electrons. The lowest BCUT2D eigenvalue weighted by Gasteiger charge is -2.10. The number of ketones is 1. The molecule has 1 unspecified atom stereocenters. The number of methoxy groups -OCH3 is 1. The van der Waals surface area contributed by atoms with Crippen LogP contribution in [0.3, 0.4) is 0 Å². The number of benzene rings is 1. The number of esters is 1. The van der Waals surface area contributed by atoms with E-state index in [2.05, 4.69) is 4.74 Å². The first kappa shape index (κ1) is 13.4. The van der Waals surface area contributed by atoms with E-state index >= 15 is 0 Å². The van der Waals surface area contributed by atoms with Crippen LogP contribution in [0.1, 0.15) is 30.1 Å². The lowest BCUT2D eigenvalue weighted by molar-refractivity contribution is -0.143. The zero-order valence-corrected chi connectivity index (χ0v) is 9.97. The van der Waals surface area contributed by atoms with E-state index in [0.717, 1.165) is 5.56 Å². The quantitative estimate of drug-likeness (QED) is 0.622. The van der Waals surface area contributed by atoms with E-state index in [9.17, 15) is 14.7 Å². The van der Waals surface area contributed by atoms with E-state index in [-0.39, 0.29) is 18.6 Å². The van der Waals surface area contributed by atoms with Gasteiger partial charge in [0.1, 0.15) is 12.2 Å². The molecule has 17 heavy (non-hydrogen) atoms. The standard InChI is InChI=1S/C13H16O4/c1-9-3-5-10(6-4-9)12(15)7-11(14)8-13(16)17-2/h3-6,12,15H,7-8H2,1-2H3. The Labute approximate surface area is 100 Å². The Bertz CT molecular complexity index is 394. The number of hydrogen-bond donors (Lipinski definition) is 1. The summed E-state index contributed by atoms with van der Waals surface area (Å²) < 4.78 is 4.38. The predicted octanol–water partition coefficient (Wildman–Crippen LogP) is 1.55. The molecule has 0 aliphatic rings. The van der Waals surface area contributed by atoms with E-state index in [0.29, 0.717) is 5.56 Å². The number of ether oxygens (including phenoxy) is 1. The molecular formula is C13H16O4. The first-order valence-electron chi connectivity index (χ1n) is 5.36. The number of rotatable bonds is 5. The molecule has 0 spiro atoms. The molecule has 1 aromatic carbocycles. The third kappa shape index (κ3) is 4.36. The molecule has 1 rings (SSSR count). The Morgan fingerprint density at radius 3 is 2.41 bits per heavy atom. The first-order valence-corrected chi connectivity index (χ1v) is 5.36. The van der Waals surface area contributed by atoms with Crippen LogP contribution in [0.2, 0.25) is 0 Å². The normalized spacial score (nSPS) is 11.9. The van der Waals surface area contributed by atoms with Crippen molar-refractivity contribution in [1.29, 1.82) is 0 Å². The molecule has 0 bridgehead atoms. The maximum absolute atomic E-state index is 11.4. The highest BCUT2D eigenvalue weighted by molar-refractivity contribution is 5.95. The van der Waals surface area contributed by atoms with Crippen LogP contribution in [0.15, 0.2) is 24.3 Å². The van der Waals surface area contributed by atoms with Gasteiger partial charge >= 0.3 is 5.97 Å². The molecule has 1 atom stereocenters. The monoisotopic (exact) mass is 236 g/mol. The second-order valence-corrected chi connectivity index (χ2v) is 3.92. The summed E-state index contributed by atoms with van der Waals surface area (Å²) in [6, 6.07) is 7.27. The summed E-state index contributed by atoms with van der Waals surface area (Å²) in [5.41, 5.74) is 1.76. The molecule has 92 valence electrons. The Kier molecular flexibility index (Phi) is 4.84. The maximum atomic E-state index is 11.4. The Balaban J connectivity index is 2.54. The van der Waals surface area contributed by atoms with Crippen LogP contribution in [0.5, 0.6) is 0 Å². The molecule has 1 N–H and O–H groups in total. The van der Waals surface area contributed by atoms with Crippen molar-refractivity contribution in [2.75, 3.05) is 7.11 Å². The van der Waals surface area contributed by atoms with Crippen molar-refractivity contribution < 1.29 is 19.4 Å². The minimum absolute atomic E-state index is 0.0713. The van der Waals surface area contributed by atoms with Crippen molar-refractivity contribution in [3.63, 3.8) is 0 Å². The van der Waals surface area contributed by atoms with E-state index in [1.54, 1.807) is 12.1 Å². The van der Waals surface area contributed by atoms with Gasteiger partial charge < -0.3 is 9.84 Å². The van der Waals surface area contributed by atoms with Gasteiger partial charge in [-0.15, -0.1) is 0 Å². The number of carbonyl (C=O) groups excluding carboxylic acids is 2. The number of hydrogen-bond acceptors (Lipinski definition) is 4. The largest absolute Gasteiger partial charge is 0.469 e. The Hall–Kier alpha value is -1.68. The molecule has 0 aromatic heterocycles. The average molecular weight is 236 g/mol. The average Bonchev–Trinajstić information content (AvgIpc) is 2.29. The fraction of sp³-hybridized carbons (Fsp3) is 0.385. The fourth-order valence-corrected chi connectivity index (χ4v) is 1.43. The smallest absolute Gasteiger partial charge is 0.313 e. The third-order valence-electron chi connectivity index (χ3n) is 2.45. The SMILES string of the molecule is COC(=O)CC(=O)CC(O)c1ccc(C)cc1. The highest BCUT2D eigenvalue weighted by Crippen LogP contribution is 2.18.